The Balaban J connectivity index is 2.34. The van der Waals surface area contributed by atoms with Gasteiger partial charge in [-0.2, -0.15) is 0 Å². The quantitative estimate of drug-likeness (QED) is 0.304. The van der Waals surface area contributed by atoms with Gasteiger partial charge in [0.2, 0.25) is 0 Å². The molecule has 8 heteroatoms. The van der Waals surface area contributed by atoms with Crippen molar-refractivity contribution in [2.24, 2.45) is 0 Å². The van der Waals surface area contributed by atoms with Gasteiger partial charge in [-0.3, -0.25) is 0 Å². The van der Waals surface area contributed by atoms with Crippen LogP contribution in [0.4, 0.5) is 0 Å². The van der Waals surface area contributed by atoms with E-state index in [1.54, 1.807) is 7.11 Å². The number of hydrogen-bond acceptors (Lipinski definition) is 4. The van der Waals surface area contributed by atoms with E-state index in [2.05, 4.69) is 112 Å². The zero-order chi connectivity index (χ0) is 25.6. The molecule has 0 bridgehead atoms. The first-order valence-corrected chi connectivity index (χ1v) is 22.9. The Bertz CT molecular complexity index is 998. The Kier molecular flexibility index (Phi) is 9.27. The van der Waals surface area contributed by atoms with Crippen LogP contribution >= 0.6 is 0 Å². The van der Waals surface area contributed by atoms with Gasteiger partial charge in [0.1, 0.15) is 0 Å². The third-order valence-electron chi connectivity index (χ3n) is 5.39. The topological polar surface area (TPSA) is 36.9 Å². The second-order valence-corrected chi connectivity index (χ2v) is 26.6. The Labute approximate surface area is 216 Å². The van der Waals surface area contributed by atoms with Crippen LogP contribution in [0.15, 0.2) is 91.0 Å². The van der Waals surface area contributed by atoms with E-state index in [0.717, 1.165) is 15.6 Å². The lowest BCUT2D eigenvalue weighted by Gasteiger charge is -2.46. The molecule has 4 nitrogen and oxygen atoms in total. The highest BCUT2D eigenvalue weighted by atomic mass is 28.5. The normalized spacial score (nSPS) is 14.5. The largest absolute Gasteiger partial charge is 0.433 e. The van der Waals surface area contributed by atoms with Crippen LogP contribution in [0.3, 0.4) is 0 Å². The van der Waals surface area contributed by atoms with Crippen molar-refractivity contribution in [2.75, 3.05) is 13.7 Å². The van der Waals surface area contributed by atoms with Crippen molar-refractivity contribution in [3.05, 3.63) is 91.0 Å². The predicted molar refractivity (Wildman–Crippen MR) is 156 cm³/mol. The Hall–Kier alpha value is -1.63. The van der Waals surface area contributed by atoms with Crippen molar-refractivity contribution < 1.29 is 17.1 Å². The highest BCUT2D eigenvalue weighted by molar-refractivity contribution is 7.04. The molecule has 3 aromatic carbocycles. The van der Waals surface area contributed by atoms with Crippen molar-refractivity contribution in [1.82, 2.24) is 0 Å². The Morgan fingerprint density at radius 2 is 0.914 bits per heavy atom. The van der Waals surface area contributed by atoms with Crippen LogP contribution in [-0.2, 0) is 17.1 Å². The van der Waals surface area contributed by atoms with Gasteiger partial charge in [-0.05, 0) is 54.8 Å². The second-order valence-electron chi connectivity index (χ2n) is 10.7. The Morgan fingerprint density at radius 3 is 1.29 bits per heavy atom. The monoisotopic (exact) mass is 540 g/mol. The van der Waals surface area contributed by atoms with Gasteiger partial charge in [0.25, 0.3) is 0 Å². The summed E-state index contributed by atoms with van der Waals surface area (Å²) >= 11 is 0. The lowest BCUT2D eigenvalue weighted by atomic mass is 10.4. The van der Waals surface area contributed by atoms with Crippen LogP contribution in [0.5, 0.6) is 0 Å². The number of hydrogen-bond donors (Lipinski definition) is 0. The maximum Gasteiger partial charge on any atom is 0.388 e. The molecule has 0 N–H and O–H groups in total. The third kappa shape index (κ3) is 7.43. The third-order valence-corrected chi connectivity index (χ3v) is 19.5. The second kappa shape index (κ2) is 11.6. The zero-order valence-electron chi connectivity index (χ0n) is 22.2. The highest BCUT2D eigenvalue weighted by Gasteiger charge is 2.55. The smallest absolute Gasteiger partial charge is 0.388 e. The predicted octanol–water partition coefficient (Wildman–Crippen LogP) is 4.96. The first-order chi connectivity index (χ1) is 16.5. The molecule has 0 radical (unpaired) electrons. The minimum atomic E-state index is -3.19. The van der Waals surface area contributed by atoms with E-state index in [4.69, 9.17) is 17.1 Å². The number of benzene rings is 3. The minimum Gasteiger partial charge on any atom is -0.433 e. The van der Waals surface area contributed by atoms with Gasteiger partial charge in [-0.1, -0.05) is 91.0 Å². The van der Waals surface area contributed by atoms with E-state index >= 15 is 0 Å². The summed E-state index contributed by atoms with van der Waals surface area (Å²) in [5, 5.41) is 3.35. The lowest BCUT2D eigenvalue weighted by molar-refractivity contribution is 0.205. The van der Waals surface area contributed by atoms with Crippen molar-refractivity contribution in [3.63, 3.8) is 0 Å². The van der Waals surface area contributed by atoms with Gasteiger partial charge in [0, 0.05) is 19.8 Å². The van der Waals surface area contributed by atoms with E-state index in [9.17, 15) is 0 Å². The average Bonchev–Trinajstić information content (AvgIpc) is 2.82. The van der Waals surface area contributed by atoms with Gasteiger partial charge >= 0.3 is 17.1 Å². The molecule has 0 aliphatic rings. The van der Waals surface area contributed by atoms with Crippen molar-refractivity contribution >= 4 is 49.3 Å². The van der Waals surface area contributed by atoms with Crippen molar-refractivity contribution in [3.8, 4) is 0 Å². The molecular formula is C27H40O4Si4. The van der Waals surface area contributed by atoms with Crippen LogP contribution in [0.25, 0.3) is 0 Å². The van der Waals surface area contributed by atoms with E-state index in [0.29, 0.717) is 12.7 Å². The molecule has 0 amide bonds. The van der Waals surface area contributed by atoms with Crippen LogP contribution in [0.1, 0.15) is 0 Å². The fourth-order valence-electron chi connectivity index (χ4n) is 4.21. The zero-order valence-corrected chi connectivity index (χ0v) is 26.2. The number of methoxy groups -OCH3 is 1. The van der Waals surface area contributed by atoms with Crippen LogP contribution in [0, 0.1) is 0 Å². The standard InChI is InChI=1S/C27H40O4Si4/c1-28-23-24-34(29-32(2,3)4,25-17-11-8-12-18-25)31-35(30-33(5,6)7,26-19-13-9-14-20-26)27-21-15-10-16-22-27/h8-22H,23-24H2,1-7H3. The molecule has 0 aliphatic carbocycles. The molecule has 1 atom stereocenters. The lowest BCUT2D eigenvalue weighted by Crippen LogP contribution is -2.74. The first kappa shape index (κ1) is 27.9. The molecule has 0 aromatic heterocycles. The molecule has 3 rings (SSSR count). The van der Waals surface area contributed by atoms with Gasteiger partial charge in [-0.25, -0.2) is 0 Å². The maximum absolute atomic E-state index is 7.66. The van der Waals surface area contributed by atoms with Crippen LogP contribution in [0.2, 0.25) is 45.3 Å². The summed E-state index contributed by atoms with van der Waals surface area (Å²) in [4.78, 5) is 0. The average molecular weight is 541 g/mol. The molecule has 188 valence electrons. The van der Waals surface area contributed by atoms with Crippen molar-refractivity contribution in [1.29, 1.82) is 0 Å². The van der Waals surface area contributed by atoms with Gasteiger partial charge in [0.05, 0.1) is 0 Å². The van der Waals surface area contributed by atoms with Gasteiger partial charge in [-0.15, -0.1) is 0 Å². The summed E-state index contributed by atoms with van der Waals surface area (Å²) in [6, 6.07) is 32.3. The fourth-order valence-corrected chi connectivity index (χ4v) is 21.3. The molecule has 1 unspecified atom stereocenters. The SMILES string of the molecule is COCC[Si](O[Si](C)(C)C)(O[Si](O[Si](C)(C)C)(c1ccccc1)c1ccccc1)c1ccccc1. The molecule has 3 aromatic rings. The summed E-state index contributed by atoms with van der Waals surface area (Å²) in [5.74, 6) is 0. The Morgan fingerprint density at radius 1 is 0.514 bits per heavy atom. The van der Waals surface area contributed by atoms with E-state index < -0.39 is 33.8 Å². The molecular weight excluding hydrogens is 501 g/mol. The van der Waals surface area contributed by atoms with Gasteiger partial charge in [0.15, 0.2) is 16.6 Å². The van der Waals surface area contributed by atoms with Crippen LogP contribution < -0.4 is 15.6 Å². The molecule has 0 aliphatic heterocycles. The number of rotatable bonds is 12. The molecule has 0 fully saturated rings. The first-order valence-electron chi connectivity index (χ1n) is 12.3. The fraction of sp³-hybridized carbons (Fsp3) is 0.333. The maximum atomic E-state index is 7.66. The molecule has 0 saturated carbocycles. The summed E-state index contributed by atoms with van der Waals surface area (Å²) in [6.45, 7) is 14.0. The summed E-state index contributed by atoms with van der Waals surface area (Å²) in [6.07, 6.45) is 0. The van der Waals surface area contributed by atoms with Gasteiger partial charge < -0.3 is 17.1 Å². The summed E-state index contributed by atoms with van der Waals surface area (Å²) in [7, 11) is -8.56. The molecule has 35 heavy (non-hydrogen) atoms. The summed E-state index contributed by atoms with van der Waals surface area (Å²) < 4.78 is 27.7. The van der Waals surface area contributed by atoms with Crippen molar-refractivity contribution in [2.45, 2.75) is 45.3 Å². The summed E-state index contributed by atoms with van der Waals surface area (Å²) in [5.41, 5.74) is 0. The van der Waals surface area contributed by atoms with Crippen LogP contribution in [-0.4, -0.2) is 47.5 Å². The van der Waals surface area contributed by atoms with E-state index in [1.165, 1.54) is 0 Å². The molecule has 0 heterocycles. The molecule has 0 saturated heterocycles. The van der Waals surface area contributed by atoms with E-state index in [1.807, 2.05) is 18.2 Å². The minimum absolute atomic E-state index is 0.562. The highest BCUT2D eigenvalue weighted by Crippen LogP contribution is 2.27. The number of ether oxygens (including phenoxy) is 1. The van der Waals surface area contributed by atoms with E-state index in [-0.39, 0.29) is 0 Å². The molecule has 0 spiro atoms.